The molecule has 2 bridgehead atoms. The molecule has 1 unspecified atom stereocenters. The smallest absolute Gasteiger partial charge is 0.237 e. The van der Waals surface area contributed by atoms with Crippen LogP contribution in [0.5, 0.6) is 0 Å². The van der Waals surface area contributed by atoms with Gasteiger partial charge in [0.25, 0.3) is 0 Å². The number of aliphatic hydroxyl groups excluding tert-OH is 1. The van der Waals surface area contributed by atoms with E-state index >= 15 is 0 Å². The molecule has 2 aromatic carbocycles. The lowest BCUT2D eigenvalue weighted by Crippen LogP contribution is -2.49. The predicted octanol–water partition coefficient (Wildman–Crippen LogP) is 4.84. The number of nitrogens with zero attached hydrogens (tertiary/aromatic N) is 2. The summed E-state index contributed by atoms with van der Waals surface area (Å²) < 4.78 is 0. The number of pyridine rings is 1. The molecule has 6 rings (SSSR count). The Bertz CT molecular complexity index is 1190. The normalized spacial score (nSPS) is 24.8. The van der Waals surface area contributed by atoms with Gasteiger partial charge in [-0.2, -0.15) is 0 Å². The number of benzene rings is 2. The maximum Gasteiger partial charge on any atom is 0.237 e. The Morgan fingerprint density at radius 1 is 1.06 bits per heavy atom. The molecule has 3 aromatic rings. The van der Waals surface area contributed by atoms with Crippen LogP contribution in [0, 0.1) is 5.92 Å². The van der Waals surface area contributed by atoms with E-state index in [9.17, 15) is 9.90 Å². The van der Waals surface area contributed by atoms with Crippen LogP contribution in [0.4, 0.5) is 0 Å². The molecule has 3 atom stereocenters. The van der Waals surface area contributed by atoms with E-state index in [-0.39, 0.29) is 17.7 Å². The van der Waals surface area contributed by atoms with Crippen LogP contribution in [0.1, 0.15) is 59.1 Å². The first-order chi connectivity index (χ1) is 15.6. The minimum Gasteiger partial charge on any atom is -0.388 e. The number of likely N-dealkylation sites (tertiary alicyclic amines) is 1. The van der Waals surface area contributed by atoms with Gasteiger partial charge in [-0.15, -0.1) is 0 Å². The lowest BCUT2D eigenvalue weighted by molar-refractivity contribution is -0.137. The number of halogens is 1. The number of aromatic nitrogens is 1. The molecule has 1 aliphatic heterocycles. The summed E-state index contributed by atoms with van der Waals surface area (Å²) in [5.74, 6) is 0.574. The monoisotopic (exact) mass is 444 g/mol. The molecule has 1 amide bonds. The summed E-state index contributed by atoms with van der Waals surface area (Å²) in [5, 5.41) is 11.5. The fourth-order valence-electron chi connectivity index (χ4n) is 6.28. The van der Waals surface area contributed by atoms with Crippen molar-refractivity contribution in [2.24, 2.45) is 5.92 Å². The van der Waals surface area contributed by atoms with E-state index in [1.54, 1.807) is 12.4 Å². The van der Waals surface area contributed by atoms with E-state index in [4.69, 9.17) is 11.6 Å². The van der Waals surface area contributed by atoms with Gasteiger partial charge in [0.05, 0.1) is 6.10 Å². The van der Waals surface area contributed by atoms with Crippen LogP contribution in [0.15, 0.2) is 67.0 Å². The minimum atomic E-state index is -0.643. The molecule has 162 valence electrons. The minimum absolute atomic E-state index is 0.134. The Labute approximate surface area is 192 Å². The Morgan fingerprint density at radius 3 is 2.62 bits per heavy atom. The van der Waals surface area contributed by atoms with Gasteiger partial charge < -0.3 is 10.0 Å². The third-order valence-corrected chi connectivity index (χ3v) is 8.06. The van der Waals surface area contributed by atoms with E-state index in [2.05, 4.69) is 29.2 Å². The molecule has 2 aliphatic carbocycles. The third-order valence-electron chi connectivity index (χ3n) is 7.82. The highest BCUT2D eigenvalue weighted by atomic mass is 35.5. The van der Waals surface area contributed by atoms with Crippen molar-refractivity contribution in [3.8, 4) is 0 Å². The van der Waals surface area contributed by atoms with Gasteiger partial charge in [0.15, 0.2) is 0 Å². The number of carbonyl (C=O) groups excluding carboxylic acids is 1. The van der Waals surface area contributed by atoms with Gasteiger partial charge in [-0.3, -0.25) is 9.78 Å². The molecule has 0 radical (unpaired) electrons. The van der Waals surface area contributed by atoms with Crippen LogP contribution in [0.2, 0.25) is 5.02 Å². The van der Waals surface area contributed by atoms with Crippen LogP contribution in [0.25, 0.3) is 0 Å². The lowest BCUT2D eigenvalue weighted by atomic mass is 9.73. The van der Waals surface area contributed by atoms with Gasteiger partial charge >= 0.3 is 0 Å². The second kappa shape index (κ2) is 7.43. The van der Waals surface area contributed by atoms with Crippen molar-refractivity contribution in [3.05, 3.63) is 99.8 Å². The lowest BCUT2D eigenvalue weighted by Gasteiger charge is -2.40. The van der Waals surface area contributed by atoms with Gasteiger partial charge in [-0.25, -0.2) is 0 Å². The van der Waals surface area contributed by atoms with Gasteiger partial charge in [0.1, 0.15) is 5.41 Å². The second-order valence-electron chi connectivity index (χ2n) is 9.34. The topological polar surface area (TPSA) is 53.4 Å². The van der Waals surface area contributed by atoms with Crippen LogP contribution in [0.3, 0.4) is 0 Å². The first-order valence-electron chi connectivity index (χ1n) is 11.4. The summed E-state index contributed by atoms with van der Waals surface area (Å²) in [6.07, 6.45) is 5.27. The average Bonchev–Trinajstić information content (AvgIpc) is 3.37. The SMILES string of the molecule is O=C(N1CCC(C(O)c2cccnc2)CC1)[C@@]12C[C@@H](c3ccccc31)c1ccc(Cl)cc12. The van der Waals surface area contributed by atoms with Crippen molar-refractivity contribution in [1.82, 2.24) is 9.88 Å². The molecular formula is C27H25ClN2O2. The predicted molar refractivity (Wildman–Crippen MR) is 124 cm³/mol. The first kappa shape index (κ1) is 20.0. The molecular weight excluding hydrogens is 420 g/mol. The Morgan fingerprint density at radius 2 is 1.84 bits per heavy atom. The van der Waals surface area contributed by atoms with Crippen molar-refractivity contribution in [2.45, 2.75) is 36.7 Å². The number of carbonyl (C=O) groups is 1. The van der Waals surface area contributed by atoms with Crippen LogP contribution in [-0.4, -0.2) is 34.0 Å². The maximum atomic E-state index is 14.2. The van der Waals surface area contributed by atoms with E-state index in [1.807, 2.05) is 35.2 Å². The number of hydrogen-bond acceptors (Lipinski definition) is 3. The van der Waals surface area contributed by atoms with Crippen molar-refractivity contribution in [2.75, 3.05) is 13.1 Å². The van der Waals surface area contributed by atoms with Gasteiger partial charge in [0.2, 0.25) is 5.91 Å². The number of hydrogen-bond donors (Lipinski definition) is 1. The third kappa shape index (κ3) is 2.79. The molecule has 2 heterocycles. The fraction of sp³-hybridized carbons (Fsp3) is 0.333. The molecule has 3 aliphatic rings. The molecule has 5 heteroatoms. The maximum absolute atomic E-state index is 14.2. The highest BCUT2D eigenvalue weighted by Crippen LogP contribution is 2.61. The number of piperidine rings is 1. The zero-order valence-electron chi connectivity index (χ0n) is 17.7. The number of rotatable bonds is 3. The summed E-state index contributed by atoms with van der Waals surface area (Å²) in [6.45, 7) is 1.32. The van der Waals surface area contributed by atoms with Crippen molar-refractivity contribution < 1.29 is 9.90 Å². The van der Waals surface area contributed by atoms with Crippen molar-refractivity contribution >= 4 is 17.5 Å². The van der Waals surface area contributed by atoms with E-state index in [0.29, 0.717) is 18.1 Å². The van der Waals surface area contributed by atoms with Crippen molar-refractivity contribution in [3.63, 3.8) is 0 Å². The zero-order valence-corrected chi connectivity index (χ0v) is 18.5. The number of aliphatic hydroxyl groups is 1. The quantitative estimate of drug-likeness (QED) is 0.628. The van der Waals surface area contributed by atoms with Gasteiger partial charge in [0, 0.05) is 36.4 Å². The van der Waals surface area contributed by atoms with Crippen LogP contribution >= 0.6 is 11.6 Å². The molecule has 32 heavy (non-hydrogen) atoms. The molecule has 1 aromatic heterocycles. The Hall–Kier alpha value is -2.69. The fourth-order valence-corrected chi connectivity index (χ4v) is 6.45. The summed E-state index contributed by atoms with van der Waals surface area (Å²) in [4.78, 5) is 20.3. The Balaban J connectivity index is 1.30. The van der Waals surface area contributed by atoms with Crippen LogP contribution in [-0.2, 0) is 10.2 Å². The first-order valence-corrected chi connectivity index (χ1v) is 11.7. The Kier molecular flexibility index (Phi) is 4.63. The molecule has 0 spiro atoms. The standard InChI is InChI=1S/C27H25ClN2O2/c28-19-7-8-21-22-15-27(24(21)14-19,23-6-2-1-5-20(22)23)26(32)30-12-9-17(10-13-30)25(31)18-4-3-11-29-16-18/h1-8,11,14,16-17,22,25,31H,9-10,12-13,15H2/t22-,25?,27-/m0/s1. The summed E-state index contributed by atoms with van der Waals surface area (Å²) >= 11 is 6.39. The average molecular weight is 445 g/mol. The second-order valence-corrected chi connectivity index (χ2v) is 9.78. The molecule has 4 nitrogen and oxygen atoms in total. The van der Waals surface area contributed by atoms with E-state index in [1.165, 1.54) is 11.1 Å². The molecule has 1 saturated heterocycles. The van der Waals surface area contributed by atoms with E-state index < -0.39 is 11.5 Å². The molecule has 0 saturated carbocycles. The molecule has 1 fully saturated rings. The molecule has 1 N–H and O–H groups in total. The summed E-state index contributed by atoms with van der Waals surface area (Å²) in [5.41, 5.74) is 4.94. The highest BCUT2D eigenvalue weighted by molar-refractivity contribution is 6.30. The largest absolute Gasteiger partial charge is 0.388 e. The summed E-state index contributed by atoms with van der Waals surface area (Å²) in [7, 11) is 0. The summed E-state index contributed by atoms with van der Waals surface area (Å²) in [6, 6.07) is 18.2. The van der Waals surface area contributed by atoms with Gasteiger partial charge in [-0.1, -0.05) is 48.0 Å². The van der Waals surface area contributed by atoms with Gasteiger partial charge in [-0.05, 0) is 71.2 Å². The highest BCUT2D eigenvalue weighted by Gasteiger charge is 2.58. The van der Waals surface area contributed by atoms with Crippen molar-refractivity contribution in [1.29, 1.82) is 0 Å². The van der Waals surface area contributed by atoms with E-state index in [0.717, 1.165) is 36.0 Å². The zero-order chi connectivity index (χ0) is 21.9. The number of fused-ring (bicyclic) bond motifs is 8. The van der Waals surface area contributed by atoms with Crippen LogP contribution < -0.4 is 0 Å². The number of amides is 1.